The van der Waals surface area contributed by atoms with Crippen LogP contribution >= 0.6 is 34.8 Å². The number of carboxylic acids is 1. The van der Waals surface area contributed by atoms with E-state index in [1.54, 1.807) is 0 Å². The second kappa shape index (κ2) is 4.88. The van der Waals surface area contributed by atoms with Crippen molar-refractivity contribution >= 4 is 46.5 Å². The van der Waals surface area contributed by atoms with Crippen LogP contribution in [0.1, 0.15) is 31.3 Å². The first kappa shape index (κ1) is 14.4. The summed E-state index contributed by atoms with van der Waals surface area (Å²) >= 11 is 17.6. The molecule has 2 N–H and O–H groups in total. The van der Waals surface area contributed by atoms with E-state index in [1.807, 2.05) is 20.8 Å². The molecule has 0 saturated heterocycles. The molecule has 7 heteroatoms. The second-order valence-electron chi connectivity index (χ2n) is 4.43. The topological polar surface area (TPSA) is 62.2 Å². The van der Waals surface area contributed by atoms with Gasteiger partial charge in [-0.15, -0.1) is 0 Å². The Labute approximate surface area is 114 Å². The average molecular weight is 298 g/mol. The van der Waals surface area contributed by atoms with Gasteiger partial charge < -0.3 is 10.4 Å². The van der Waals surface area contributed by atoms with Gasteiger partial charge in [0.05, 0.1) is 10.7 Å². The number of aromatic carboxylic acids is 1. The summed E-state index contributed by atoms with van der Waals surface area (Å²) in [6.07, 6.45) is 0. The van der Waals surface area contributed by atoms with Gasteiger partial charge in [-0.05, 0) is 20.8 Å². The molecule has 0 aliphatic rings. The van der Waals surface area contributed by atoms with E-state index in [0.717, 1.165) is 0 Å². The molecule has 0 radical (unpaired) electrons. The van der Waals surface area contributed by atoms with Crippen LogP contribution in [0.25, 0.3) is 0 Å². The lowest BCUT2D eigenvalue weighted by molar-refractivity contribution is 0.0691. The normalized spacial score (nSPS) is 11.4. The van der Waals surface area contributed by atoms with Gasteiger partial charge in [-0.1, -0.05) is 34.8 Å². The van der Waals surface area contributed by atoms with E-state index in [2.05, 4.69) is 10.3 Å². The Balaban J connectivity index is 3.42. The monoisotopic (exact) mass is 296 g/mol. The lowest BCUT2D eigenvalue weighted by atomic mass is 10.1. The fraction of sp³-hybridized carbons (Fsp3) is 0.400. The highest BCUT2D eigenvalue weighted by Gasteiger charge is 2.23. The molecule has 1 aromatic heterocycles. The van der Waals surface area contributed by atoms with Crippen LogP contribution < -0.4 is 5.32 Å². The molecular weight excluding hydrogens is 286 g/mol. The lowest BCUT2D eigenvalue weighted by Crippen LogP contribution is -2.27. The molecule has 0 aromatic carbocycles. The van der Waals surface area contributed by atoms with E-state index in [9.17, 15) is 4.79 Å². The molecule has 0 aliphatic carbocycles. The number of aromatic nitrogens is 1. The van der Waals surface area contributed by atoms with Crippen molar-refractivity contribution in [3.8, 4) is 0 Å². The van der Waals surface area contributed by atoms with Crippen molar-refractivity contribution in [3.05, 3.63) is 20.9 Å². The molecule has 0 aliphatic heterocycles. The van der Waals surface area contributed by atoms with E-state index >= 15 is 0 Å². The Morgan fingerprint density at radius 2 is 1.76 bits per heavy atom. The Morgan fingerprint density at radius 1 is 1.24 bits per heavy atom. The first-order valence-electron chi connectivity index (χ1n) is 4.69. The maximum atomic E-state index is 10.9. The fourth-order valence-corrected chi connectivity index (χ4v) is 1.82. The number of hydrogen-bond acceptors (Lipinski definition) is 3. The largest absolute Gasteiger partial charge is 0.476 e. The third kappa shape index (κ3) is 3.37. The number of halogens is 3. The van der Waals surface area contributed by atoms with Gasteiger partial charge in [-0.2, -0.15) is 0 Å². The number of nitrogens with one attached hydrogen (secondary N) is 1. The summed E-state index contributed by atoms with van der Waals surface area (Å²) in [5.74, 6) is -1.26. The van der Waals surface area contributed by atoms with E-state index in [4.69, 9.17) is 39.9 Å². The van der Waals surface area contributed by atoms with Crippen molar-refractivity contribution in [1.82, 2.24) is 4.98 Å². The van der Waals surface area contributed by atoms with Gasteiger partial charge >= 0.3 is 5.97 Å². The van der Waals surface area contributed by atoms with Crippen molar-refractivity contribution < 1.29 is 9.90 Å². The molecule has 4 nitrogen and oxygen atoms in total. The summed E-state index contributed by atoms with van der Waals surface area (Å²) in [5, 5.41) is 11.9. The molecule has 94 valence electrons. The highest BCUT2D eigenvalue weighted by molar-refractivity contribution is 6.46. The van der Waals surface area contributed by atoms with Crippen molar-refractivity contribution in [3.63, 3.8) is 0 Å². The van der Waals surface area contributed by atoms with Crippen LogP contribution in [0.15, 0.2) is 0 Å². The smallest absolute Gasteiger partial charge is 0.356 e. The maximum Gasteiger partial charge on any atom is 0.356 e. The molecule has 0 spiro atoms. The third-order valence-corrected chi connectivity index (χ3v) is 2.85. The van der Waals surface area contributed by atoms with Gasteiger partial charge in [0, 0.05) is 5.54 Å². The summed E-state index contributed by atoms with van der Waals surface area (Å²) in [6.45, 7) is 5.65. The summed E-state index contributed by atoms with van der Waals surface area (Å²) in [5.41, 5.74) is -0.390. The fourth-order valence-electron chi connectivity index (χ4n) is 1.14. The van der Waals surface area contributed by atoms with Crippen LogP contribution in [0.2, 0.25) is 15.2 Å². The molecule has 0 amide bonds. The molecule has 0 unspecified atom stereocenters. The van der Waals surface area contributed by atoms with Crippen molar-refractivity contribution in [1.29, 1.82) is 0 Å². The summed E-state index contributed by atoms with van der Waals surface area (Å²) < 4.78 is 0. The minimum Gasteiger partial charge on any atom is -0.476 e. The summed E-state index contributed by atoms with van der Waals surface area (Å²) in [6, 6.07) is 0. The van der Waals surface area contributed by atoms with Crippen LogP contribution in [0.3, 0.4) is 0 Å². The van der Waals surface area contributed by atoms with Crippen molar-refractivity contribution in [2.24, 2.45) is 0 Å². The van der Waals surface area contributed by atoms with Gasteiger partial charge in [0.15, 0.2) is 10.8 Å². The van der Waals surface area contributed by atoms with Gasteiger partial charge in [0.25, 0.3) is 0 Å². The number of carbonyl (C=O) groups is 1. The first-order valence-corrected chi connectivity index (χ1v) is 5.83. The Morgan fingerprint density at radius 3 is 2.18 bits per heavy atom. The zero-order valence-electron chi connectivity index (χ0n) is 9.44. The minimum atomic E-state index is -1.26. The summed E-state index contributed by atoms with van der Waals surface area (Å²) in [7, 11) is 0. The number of hydrogen-bond donors (Lipinski definition) is 2. The van der Waals surface area contributed by atoms with Crippen molar-refractivity contribution in [2.75, 3.05) is 5.32 Å². The van der Waals surface area contributed by atoms with Crippen LogP contribution in [-0.2, 0) is 0 Å². The number of nitrogens with zero attached hydrogens (tertiary/aromatic N) is 1. The predicted molar refractivity (Wildman–Crippen MR) is 69.6 cm³/mol. The highest BCUT2D eigenvalue weighted by Crippen LogP contribution is 2.38. The van der Waals surface area contributed by atoms with Crippen LogP contribution in [-0.4, -0.2) is 21.6 Å². The SMILES string of the molecule is CC(C)(C)Nc1c(Cl)c(Cl)nc(C(=O)O)c1Cl. The zero-order valence-corrected chi connectivity index (χ0v) is 11.7. The van der Waals surface area contributed by atoms with E-state index < -0.39 is 5.97 Å². The Bertz CT molecular complexity index is 470. The summed E-state index contributed by atoms with van der Waals surface area (Å²) in [4.78, 5) is 14.6. The maximum absolute atomic E-state index is 10.9. The van der Waals surface area contributed by atoms with Crippen molar-refractivity contribution in [2.45, 2.75) is 26.3 Å². The molecule has 0 fully saturated rings. The molecule has 0 saturated carbocycles. The van der Waals surface area contributed by atoms with Gasteiger partial charge in [-0.25, -0.2) is 9.78 Å². The predicted octanol–water partition coefficient (Wildman–Crippen LogP) is 3.95. The van der Waals surface area contributed by atoms with E-state index in [0.29, 0.717) is 0 Å². The van der Waals surface area contributed by atoms with Crippen LogP contribution in [0.4, 0.5) is 5.69 Å². The van der Waals surface area contributed by atoms with E-state index in [1.165, 1.54) is 0 Å². The number of carboxylic acid groups (broad SMARTS) is 1. The standard InChI is InChI=1S/C10H11Cl3N2O2/c1-10(2,3)15-6-4(11)7(9(16)17)14-8(13)5(6)12/h1-3H3,(H,14,15)(H,16,17). The number of pyridine rings is 1. The molecule has 17 heavy (non-hydrogen) atoms. The number of rotatable bonds is 2. The molecule has 1 heterocycles. The quantitative estimate of drug-likeness (QED) is 0.811. The minimum absolute atomic E-state index is 0.0539. The first-order chi connectivity index (χ1) is 7.63. The number of anilines is 1. The zero-order chi connectivity index (χ0) is 13.4. The lowest BCUT2D eigenvalue weighted by Gasteiger charge is -2.24. The molecule has 0 bridgehead atoms. The molecule has 0 atom stereocenters. The van der Waals surface area contributed by atoms with Crippen LogP contribution in [0, 0.1) is 0 Å². The van der Waals surface area contributed by atoms with Gasteiger partial charge in [0.2, 0.25) is 0 Å². The van der Waals surface area contributed by atoms with Gasteiger partial charge in [0.1, 0.15) is 5.02 Å². The second-order valence-corrected chi connectivity index (χ2v) is 5.55. The van der Waals surface area contributed by atoms with Gasteiger partial charge in [-0.3, -0.25) is 0 Å². The van der Waals surface area contributed by atoms with Crippen LogP contribution in [0.5, 0.6) is 0 Å². The molecule has 1 aromatic rings. The molecular formula is C10H11Cl3N2O2. The Hall–Kier alpha value is -0.710. The third-order valence-electron chi connectivity index (χ3n) is 1.74. The van der Waals surface area contributed by atoms with E-state index in [-0.39, 0.29) is 32.1 Å². The highest BCUT2D eigenvalue weighted by atomic mass is 35.5. The molecule has 1 rings (SSSR count). The Kier molecular flexibility index (Phi) is 4.12. The average Bonchev–Trinajstić information content (AvgIpc) is 2.16.